The molecule has 0 saturated heterocycles. The summed E-state index contributed by atoms with van der Waals surface area (Å²) >= 11 is 0. The van der Waals surface area contributed by atoms with Gasteiger partial charge in [0.25, 0.3) is 17.4 Å². The third-order valence-electron chi connectivity index (χ3n) is 2.74. The summed E-state index contributed by atoms with van der Waals surface area (Å²) in [6.45, 7) is 1.69. The molecule has 0 aliphatic rings. The number of nitrogens with zero attached hydrogens (tertiary/aromatic N) is 2. The largest absolute Gasteiger partial charge is 0.290 e. The Morgan fingerprint density at radius 2 is 1.86 bits per heavy atom. The molecule has 0 spiro atoms. The molecule has 108 valence electrons. The van der Waals surface area contributed by atoms with E-state index in [0.29, 0.717) is 5.56 Å². The monoisotopic (exact) mass is 286 g/mol. The highest BCUT2D eigenvalue weighted by Gasteiger charge is 2.08. The van der Waals surface area contributed by atoms with Gasteiger partial charge in [-0.1, -0.05) is 17.7 Å². The van der Waals surface area contributed by atoms with Crippen molar-refractivity contribution in [3.8, 4) is 0 Å². The van der Waals surface area contributed by atoms with Crippen LogP contribution < -0.4 is 16.4 Å². The highest BCUT2D eigenvalue weighted by Crippen LogP contribution is 2.02. The summed E-state index contributed by atoms with van der Waals surface area (Å²) in [5.74, 6) is -0.951. The number of hydrogen-bond acceptors (Lipinski definition) is 4. The number of hydrazine groups is 1. The fourth-order valence-electron chi connectivity index (χ4n) is 1.59. The van der Waals surface area contributed by atoms with Gasteiger partial charge in [0, 0.05) is 17.8 Å². The summed E-state index contributed by atoms with van der Waals surface area (Å²) in [7, 11) is 0. The number of amides is 2. The van der Waals surface area contributed by atoms with E-state index in [1.165, 1.54) is 18.6 Å². The topological polar surface area (TPSA) is 93.1 Å². The average Bonchev–Trinajstić information content (AvgIpc) is 2.48. The third kappa shape index (κ3) is 4.00. The van der Waals surface area contributed by atoms with Crippen LogP contribution in [0.25, 0.3) is 0 Å². The van der Waals surface area contributed by atoms with Gasteiger partial charge < -0.3 is 0 Å². The van der Waals surface area contributed by atoms with Gasteiger partial charge in [-0.25, -0.2) is 4.98 Å². The van der Waals surface area contributed by atoms with Gasteiger partial charge in [-0.05, 0) is 19.1 Å². The van der Waals surface area contributed by atoms with Crippen molar-refractivity contribution < 1.29 is 9.59 Å². The van der Waals surface area contributed by atoms with Gasteiger partial charge in [0.1, 0.15) is 6.54 Å². The lowest BCUT2D eigenvalue weighted by molar-refractivity contribution is -0.122. The second-order valence-corrected chi connectivity index (χ2v) is 4.41. The predicted octanol–water partition coefficient (Wildman–Crippen LogP) is 0.0129. The molecule has 0 aliphatic heterocycles. The fourth-order valence-corrected chi connectivity index (χ4v) is 1.59. The van der Waals surface area contributed by atoms with Gasteiger partial charge in [-0.3, -0.25) is 29.8 Å². The van der Waals surface area contributed by atoms with Crippen LogP contribution >= 0.6 is 0 Å². The van der Waals surface area contributed by atoms with Gasteiger partial charge in [-0.15, -0.1) is 0 Å². The summed E-state index contributed by atoms with van der Waals surface area (Å²) in [5.41, 5.74) is 5.65. The second-order valence-electron chi connectivity index (χ2n) is 4.41. The molecule has 0 bridgehead atoms. The van der Waals surface area contributed by atoms with Crippen molar-refractivity contribution in [3.05, 3.63) is 64.3 Å². The van der Waals surface area contributed by atoms with Crippen molar-refractivity contribution >= 4 is 11.8 Å². The van der Waals surface area contributed by atoms with Crippen LogP contribution in [0.3, 0.4) is 0 Å². The van der Waals surface area contributed by atoms with Crippen LogP contribution in [0.15, 0.2) is 47.7 Å². The van der Waals surface area contributed by atoms with Crippen molar-refractivity contribution in [2.45, 2.75) is 13.5 Å². The SMILES string of the molecule is Cc1ccc(C(=O)NNC(=O)Cn2cnccc2=O)cc1. The average molecular weight is 286 g/mol. The zero-order valence-electron chi connectivity index (χ0n) is 11.4. The van der Waals surface area contributed by atoms with Crippen LogP contribution in [0.1, 0.15) is 15.9 Å². The Labute approximate surface area is 120 Å². The molecule has 0 aliphatic carbocycles. The maximum Gasteiger partial charge on any atom is 0.269 e. The molecule has 2 rings (SSSR count). The fraction of sp³-hybridized carbons (Fsp3) is 0.143. The van der Waals surface area contributed by atoms with Crippen LogP contribution in [-0.2, 0) is 11.3 Å². The van der Waals surface area contributed by atoms with Gasteiger partial charge in [0.15, 0.2) is 0 Å². The molecule has 2 N–H and O–H groups in total. The maximum absolute atomic E-state index is 11.8. The van der Waals surface area contributed by atoms with E-state index in [1.807, 2.05) is 6.92 Å². The Morgan fingerprint density at radius 1 is 1.14 bits per heavy atom. The highest BCUT2D eigenvalue weighted by atomic mass is 16.2. The maximum atomic E-state index is 11.8. The molecule has 7 nitrogen and oxygen atoms in total. The lowest BCUT2D eigenvalue weighted by Crippen LogP contribution is -2.44. The molecule has 1 aromatic carbocycles. The Balaban J connectivity index is 1.89. The molecule has 1 aromatic heterocycles. The molecular weight excluding hydrogens is 272 g/mol. The normalized spacial score (nSPS) is 9.95. The van der Waals surface area contributed by atoms with Crippen LogP contribution in [-0.4, -0.2) is 21.4 Å². The Kier molecular flexibility index (Phi) is 4.45. The molecule has 7 heteroatoms. The number of aryl methyl sites for hydroxylation is 1. The number of hydrogen-bond donors (Lipinski definition) is 2. The van der Waals surface area contributed by atoms with Crippen molar-refractivity contribution in [1.29, 1.82) is 0 Å². The minimum absolute atomic E-state index is 0.221. The minimum Gasteiger partial charge on any atom is -0.290 e. The van der Waals surface area contributed by atoms with Gasteiger partial charge in [0.2, 0.25) is 0 Å². The molecule has 0 unspecified atom stereocenters. The minimum atomic E-state index is -0.523. The van der Waals surface area contributed by atoms with E-state index in [0.717, 1.165) is 10.1 Å². The number of aromatic nitrogens is 2. The molecule has 0 saturated carbocycles. The molecular formula is C14H14N4O3. The number of carbonyl (C=O) groups is 2. The summed E-state index contributed by atoms with van der Waals surface area (Å²) in [6, 6.07) is 8.15. The quantitative estimate of drug-likeness (QED) is 0.777. The van der Waals surface area contributed by atoms with E-state index in [2.05, 4.69) is 15.8 Å². The first-order valence-corrected chi connectivity index (χ1v) is 6.22. The van der Waals surface area contributed by atoms with Gasteiger partial charge in [0.05, 0.1) is 6.33 Å². The first-order chi connectivity index (χ1) is 10.1. The Morgan fingerprint density at radius 3 is 2.52 bits per heavy atom. The van der Waals surface area contributed by atoms with E-state index >= 15 is 0 Å². The van der Waals surface area contributed by atoms with E-state index in [4.69, 9.17) is 0 Å². The summed E-state index contributed by atoms with van der Waals surface area (Å²) in [4.78, 5) is 38.6. The first kappa shape index (κ1) is 14.4. The summed E-state index contributed by atoms with van der Waals surface area (Å²) in [5, 5.41) is 0. The van der Waals surface area contributed by atoms with Crippen LogP contribution in [0.4, 0.5) is 0 Å². The number of rotatable bonds is 3. The Hall–Kier alpha value is -2.96. The molecule has 0 radical (unpaired) electrons. The van der Waals surface area contributed by atoms with E-state index < -0.39 is 11.8 Å². The second kappa shape index (κ2) is 6.47. The van der Waals surface area contributed by atoms with Crippen molar-refractivity contribution in [1.82, 2.24) is 20.4 Å². The van der Waals surface area contributed by atoms with Crippen LogP contribution in [0, 0.1) is 6.92 Å². The summed E-state index contributed by atoms with van der Waals surface area (Å²) < 4.78 is 1.13. The molecule has 2 amide bonds. The molecule has 0 atom stereocenters. The van der Waals surface area contributed by atoms with Crippen molar-refractivity contribution in [2.24, 2.45) is 0 Å². The van der Waals surface area contributed by atoms with Gasteiger partial charge >= 0.3 is 0 Å². The Bertz CT molecular complexity index is 707. The zero-order valence-corrected chi connectivity index (χ0v) is 11.4. The third-order valence-corrected chi connectivity index (χ3v) is 2.74. The standard InChI is InChI=1S/C14H14N4O3/c1-10-2-4-11(5-3-10)14(21)17-16-12(19)8-18-9-15-7-6-13(18)20/h2-7,9H,8H2,1H3,(H,16,19)(H,17,21). The van der Waals surface area contributed by atoms with Gasteiger partial charge in [-0.2, -0.15) is 0 Å². The number of nitrogens with one attached hydrogen (secondary N) is 2. The lowest BCUT2D eigenvalue weighted by Gasteiger charge is -2.08. The van der Waals surface area contributed by atoms with E-state index in [-0.39, 0.29) is 12.1 Å². The number of benzene rings is 1. The first-order valence-electron chi connectivity index (χ1n) is 6.22. The highest BCUT2D eigenvalue weighted by molar-refractivity contribution is 5.95. The number of carbonyl (C=O) groups excluding carboxylic acids is 2. The smallest absolute Gasteiger partial charge is 0.269 e. The predicted molar refractivity (Wildman–Crippen MR) is 75.3 cm³/mol. The van der Waals surface area contributed by atoms with E-state index in [9.17, 15) is 14.4 Å². The van der Waals surface area contributed by atoms with E-state index in [1.54, 1.807) is 24.3 Å². The summed E-state index contributed by atoms with van der Waals surface area (Å²) in [6.07, 6.45) is 2.60. The molecule has 1 heterocycles. The van der Waals surface area contributed by atoms with Crippen molar-refractivity contribution in [2.75, 3.05) is 0 Å². The van der Waals surface area contributed by atoms with Crippen molar-refractivity contribution in [3.63, 3.8) is 0 Å². The van der Waals surface area contributed by atoms with Crippen LogP contribution in [0.2, 0.25) is 0 Å². The lowest BCUT2D eigenvalue weighted by atomic mass is 10.1. The zero-order chi connectivity index (χ0) is 15.2. The molecule has 2 aromatic rings. The molecule has 0 fully saturated rings. The molecule has 21 heavy (non-hydrogen) atoms. The van der Waals surface area contributed by atoms with Crippen LogP contribution in [0.5, 0.6) is 0 Å².